The average Bonchev–Trinajstić information content (AvgIpc) is 2.72. The third kappa shape index (κ3) is 3.09. The van der Waals surface area contributed by atoms with Crippen LogP contribution in [0.3, 0.4) is 0 Å². The van der Waals surface area contributed by atoms with Gasteiger partial charge in [0.25, 0.3) is 0 Å². The lowest BCUT2D eigenvalue weighted by Gasteiger charge is -2.34. The van der Waals surface area contributed by atoms with E-state index in [2.05, 4.69) is 5.32 Å². The van der Waals surface area contributed by atoms with E-state index in [1.807, 2.05) is 11.8 Å². The summed E-state index contributed by atoms with van der Waals surface area (Å²) in [5.74, 6) is 1.62. The minimum Gasteiger partial charge on any atom is -0.372 e. The molecule has 1 N–H and O–H groups in total. The highest BCUT2D eigenvalue weighted by atomic mass is 35.5. The van der Waals surface area contributed by atoms with Crippen LogP contribution in [-0.4, -0.2) is 50.2 Å². The van der Waals surface area contributed by atoms with E-state index in [1.165, 1.54) is 0 Å². The van der Waals surface area contributed by atoms with Crippen LogP contribution >= 0.6 is 12.4 Å². The van der Waals surface area contributed by atoms with Crippen molar-refractivity contribution in [3.63, 3.8) is 0 Å². The number of carbonyl (C=O) groups is 1. The van der Waals surface area contributed by atoms with Crippen molar-refractivity contribution >= 4 is 18.3 Å². The molecule has 0 bridgehead atoms. The van der Waals surface area contributed by atoms with Crippen molar-refractivity contribution in [2.75, 3.05) is 39.4 Å². The molecule has 0 saturated carbocycles. The number of carbonyl (C=O) groups excluding carboxylic acids is 1. The molecule has 0 spiro atoms. The SMILES string of the molecule is CCOCC(=O)N1CCC2CNCC2C1.Cl. The molecule has 4 nitrogen and oxygen atoms in total. The van der Waals surface area contributed by atoms with E-state index >= 15 is 0 Å². The fourth-order valence-electron chi connectivity index (χ4n) is 2.54. The van der Waals surface area contributed by atoms with Crippen LogP contribution in [0.5, 0.6) is 0 Å². The molecule has 16 heavy (non-hydrogen) atoms. The van der Waals surface area contributed by atoms with Gasteiger partial charge in [-0.15, -0.1) is 12.4 Å². The smallest absolute Gasteiger partial charge is 0.248 e. The van der Waals surface area contributed by atoms with Gasteiger partial charge in [0.15, 0.2) is 0 Å². The van der Waals surface area contributed by atoms with Gasteiger partial charge in [0.2, 0.25) is 5.91 Å². The van der Waals surface area contributed by atoms with Gasteiger partial charge in [0, 0.05) is 19.7 Å². The largest absolute Gasteiger partial charge is 0.372 e. The van der Waals surface area contributed by atoms with Gasteiger partial charge in [-0.1, -0.05) is 0 Å². The molecular weight excluding hydrogens is 228 g/mol. The van der Waals surface area contributed by atoms with Gasteiger partial charge in [0.05, 0.1) is 0 Å². The third-order valence-corrected chi connectivity index (χ3v) is 3.49. The molecule has 5 heteroatoms. The minimum absolute atomic E-state index is 0. The molecule has 2 aliphatic rings. The highest BCUT2D eigenvalue weighted by Crippen LogP contribution is 2.26. The molecule has 2 unspecified atom stereocenters. The van der Waals surface area contributed by atoms with Crippen molar-refractivity contribution in [2.24, 2.45) is 11.8 Å². The molecule has 94 valence electrons. The molecule has 1 amide bonds. The summed E-state index contributed by atoms with van der Waals surface area (Å²) >= 11 is 0. The highest BCUT2D eigenvalue weighted by molar-refractivity contribution is 5.85. The molecule has 0 aromatic rings. The van der Waals surface area contributed by atoms with Gasteiger partial charge in [-0.05, 0) is 38.3 Å². The lowest BCUT2D eigenvalue weighted by Crippen LogP contribution is -2.44. The molecule has 2 saturated heterocycles. The molecule has 0 radical (unpaired) electrons. The molecule has 0 aromatic carbocycles. The number of hydrogen-bond donors (Lipinski definition) is 1. The quantitative estimate of drug-likeness (QED) is 0.792. The van der Waals surface area contributed by atoms with Crippen molar-refractivity contribution in [1.82, 2.24) is 10.2 Å². The standard InChI is InChI=1S/C11H20N2O2.ClH/c1-2-15-8-11(14)13-4-3-9-5-12-6-10(9)7-13;/h9-10,12H,2-8H2,1H3;1H. The second-order valence-corrected chi connectivity index (χ2v) is 4.44. The first-order valence-corrected chi connectivity index (χ1v) is 5.87. The molecule has 2 aliphatic heterocycles. The van der Waals surface area contributed by atoms with Crippen molar-refractivity contribution < 1.29 is 9.53 Å². The second-order valence-electron chi connectivity index (χ2n) is 4.44. The monoisotopic (exact) mass is 248 g/mol. The predicted molar refractivity (Wildman–Crippen MR) is 64.8 cm³/mol. The lowest BCUT2D eigenvalue weighted by molar-refractivity contribution is -0.138. The number of ether oxygens (including phenoxy) is 1. The maximum Gasteiger partial charge on any atom is 0.248 e. The molecule has 0 aliphatic carbocycles. The summed E-state index contributed by atoms with van der Waals surface area (Å²) in [4.78, 5) is 13.7. The molecule has 2 rings (SSSR count). The summed E-state index contributed by atoms with van der Waals surface area (Å²) in [6, 6.07) is 0. The van der Waals surface area contributed by atoms with Crippen LogP contribution in [0.2, 0.25) is 0 Å². The number of fused-ring (bicyclic) bond motifs is 1. The van der Waals surface area contributed by atoms with E-state index in [1.54, 1.807) is 0 Å². The van der Waals surface area contributed by atoms with E-state index in [9.17, 15) is 4.79 Å². The van der Waals surface area contributed by atoms with Gasteiger partial charge in [-0.25, -0.2) is 0 Å². The summed E-state index contributed by atoms with van der Waals surface area (Å²) in [7, 11) is 0. The van der Waals surface area contributed by atoms with E-state index < -0.39 is 0 Å². The number of halogens is 1. The Morgan fingerprint density at radius 3 is 2.94 bits per heavy atom. The van der Waals surface area contributed by atoms with Crippen LogP contribution in [0, 0.1) is 11.8 Å². The molecule has 0 aromatic heterocycles. The van der Waals surface area contributed by atoms with Gasteiger partial charge in [0.1, 0.15) is 6.61 Å². The Morgan fingerprint density at radius 2 is 2.19 bits per heavy atom. The van der Waals surface area contributed by atoms with E-state index in [0.717, 1.165) is 38.5 Å². The zero-order valence-corrected chi connectivity index (χ0v) is 10.6. The number of piperidine rings is 1. The minimum atomic E-state index is 0. The van der Waals surface area contributed by atoms with E-state index in [-0.39, 0.29) is 24.9 Å². The summed E-state index contributed by atoms with van der Waals surface area (Å²) in [6.45, 7) is 6.83. The first-order chi connectivity index (χ1) is 7.31. The summed E-state index contributed by atoms with van der Waals surface area (Å²) in [5.41, 5.74) is 0. The number of hydrogen-bond acceptors (Lipinski definition) is 3. The van der Waals surface area contributed by atoms with Crippen LogP contribution in [-0.2, 0) is 9.53 Å². The van der Waals surface area contributed by atoms with Gasteiger partial charge < -0.3 is 15.0 Å². The maximum atomic E-state index is 11.7. The summed E-state index contributed by atoms with van der Waals surface area (Å²) in [5, 5.41) is 3.40. The topological polar surface area (TPSA) is 41.6 Å². The fourth-order valence-corrected chi connectivity index (χ4v) is 2.54. The van der Waals surface area contributed by atoms with E-state index in [0.29, 0.717) is 12.5 Å². The maximum absolute atomic E-state index is 11.7. The van der Waals surface area contributed by atoms with E-state index in [4.69, 9.17) is 4.74 Å². The number of nitrogens with one attached hydrogen (secondary N) is 1. The van der Waals surface area contributed by atoms with Gasteiger partial charge in [-0.3, -0.25) is 4.79 Å². The zero-order chi connectivity index (χ0) is 10.7. The van der Waals surface area contributed by atoms with Gasteiger partial charge >= 0.3 is 0 Å². The number of nitrogens with zero attached hydrogens (tertiary/aromatic N) is 1. The van der Waals surface area contributed by atoms with Crippen molar-refractivity contribution in [2.45, 2.75) is 13.3 Å². The second kappa shape index (κ2) is 6.42. The zero-order valence-electron chi connectivity index (χ0n) is 9.78. The van der Waals surface area contributed by atoms with Crippen molar-refractivity contribution in [3.8, 4) is 0 Å². The average molecular weight is 249 g/mol. The lowest BCUT2D eigenvalue weighted by atomic mass is 9.89. The first-order valence-electron chi connectivity index (χ1n) is 5.87. The van der Waals surface area contributed by atoms with Crippen LogP contribution in [0.1, 0.15) is 13.3 Å². The first kappa shape index (κ1) is 13.7. The van der Waals surface area contributed by atoms with Crippen molar-refractivity contribution in [1.29, 1.82) is 0 Å². The van der Waals surface area contributed by atoms with Gasteiger partial charge in [-0.2, -0.15) is 0 Å². The molecular formula is C11H21ClN2O2. The molecule has 2 atom stereocenters. The van der Waals surface area contributed by atoms with Crippen molar-refractivity contribution in [3.05, 3.63) is 0 Å². The predicted octanol–water partition coefficient (Wildman–Crippen LogP) is 0.513. The van der Waals surface area contributed by atoms with Crippen LogP contribution in [0.25, 0.3) is 0 Å². The molecule has 2 fully saturated rings. The Labute approximate surface area is 103 Å². The number of likely N-dealkylation sites (tertiary alicyclic amines) is 1. The Kier molecular flexibility index (Phi) is 5.52. The van der Waals surface area contributed by atoms with Crippen LogP contribution in [0.15, 0.2) is 0 Å². The summed E-state index contributed by atoms with van der Waals surface area (Å²) in [6.07, 6.45) is 1.15. The summed E-state index contributed by atoms with van der Waals surface area (Å²) < 4.78 is 5.15. The number of rotatable bonds is 3. The molecule has 2 heterocycles. The Balaban J connectivity index is 0.00000128. The normalized spacial score (nSPS) is 28.4. The third-order valence-electron chi connectivity index (χ3n) is 3.49. The Hall–Kier alpha value is -0.320. The van der Waals surface area contributed by atoms with Crippen LogP contribution < -0.4 is 5.32 Å². The Morgan fingerprint density at radius 1 is 1.44 bits per heavy atom. The highest BCUT2D eigenvalue weighted by Gasteiger charge is 2.34. The Bertz CT molecular complexity index is 238. The van der Waals surface area contributed by atoms with Crippen LogP contribution in [0.4, 0.5) is 0 Å². The number of amides is 1. The fraction of sp³-hybridized carbons (Fsp3) is 0.909.